The molecule has 0 saturated heterocycles. The van der Waals surface area contributed by atoms with Gasteiger partial charge in [0.1, 0.15) is 0 Å². The Morgan fingerprint density at radius 2 is 1.50 bits per heavy atom. The molecule has 0 aromatic rings. The molecule has 1 unspecified atom stereocenters. The maximum absolute atomic E-state index is 2.36. The van der Waals surface area contributed by atoms with Crippen LogP contribution in [0.1, 0.15) is 6.42 Å². The van der Waals surface area contributed by atoms with Crippen LogP contribution >= 0.6 is 0 Å². The van der Waals surface area contributed by atoms with Crippen LogP contribution in [-0.4, -0.2) is 0 Å². The molecule has 0 N–H and O–H groups in total. The van der Waals surface area contributed by atoms with Gasteiger partial charge in [0.25, 0.3) is 0 Å². The molecule has 0 aromatic carbocycles. The van der Waals surface area contributed by atoms with Crippen molar-refractivity contribution in [2.45, 2.75) is 6.42 Å². The van der Waals surface area contributed by atoms with Crippen LogP contribution in [0.5, 0.6) is 0 Å². The molecule has 96 valence electrons. The molecule has 0 nitrogen and oxygen atoms in total. The molecule has 20 heavy (non-hydrogen) atoms. The second-order valence-electron chi connectivity index (χ2n) is 5.35. The van der Waals surface area contributed by atoms with Crippen LogP contribution in [0.25, 0.3) is 0 Å². The Bertz CT molecular complexity index is 722. The molecule has 1 atom stereocenters. The van der Waals surface area contributed by atoms with Crippen LogP contribution < -0.4 is 0 Å². The van der Waals surface area contributed by atoms with Gasteiger partial charge in [-0.3, -0.25) is 0 Å². The van der Waals surface area contributed by atoms with Crippen molar-refractivity contribution < 1.29 is 0 Å². The van der Waals surface area contributed by atoms with Crippen molar-refractivity contribution in [2.24, 2.45) is 5.92 Å². The molecular weight excluding hydrogens is 240 g/mol. The summed E-state index contributed by atoms with van der Waals surface area (Å²) in [6.07, 6.45) is 29.6. The Morgan fingerprint density at radius 3 is 2.40 bits per heavy atom. The van der Waals surface area contributed by atoms with Gasteiger partial charge in [0.05, 0.1) is 0 Å². The van der Waals surface area contributed by atoms with Gasteiger partial charge < -0.3 is 0 Å². The van der Waals surface area contributed by atoms with Gasteiger partial charge in [0.15, 0.2) is 0 Å². The second-order valence-corrected chi connectivity index (χ2v) is 5.35. The molecule has 0 amide bonds. The highest BCUT2D eigenvalue weighted by molar-refractivity contribution is 5.70. The molecule has 0 aromatic heterocycles. The average molecular weight is 256 g/mol. The zero-order chi connectivity index (χ0) is 13.4. The minimum Gasteiger partial charge on any atom is -0.0832 e. The first-order valence-electron chi connectivity index (χ1n) is 7.16. The molecule has 0 heterocycles. The SMILES string of the molecule is C1=CC2C3=C(\C=C/C=C\C=C/3)C3=C2C(=C/C=C\C=C/3)\C1. The smallest absolute Gasteiger partial charge is 0.0284 e. The van der Waals surface area contributed by atoms with Crippen molar-refractivity contribution in [3.63, 3.8) is 0 Å². The van der Waals surface area contributed by atoms with Crippen LogP contribution in [0.15, 0.2) is 107 Å². The van der Waals surface area contributed by atoms with Gasteiger partial charge in [-0.15, -0.1) is 0 Å². The van der Waals surface area contributed by atoms with Crippen LogP contribution in [0.4, 0.5) is 0 Å². The Morgan fingerprint density at radius 1 is 0.750 bits per heavy atom. The lowest BCUT2D eigenvalue weighted by molar-refractivity contribution is 0.897. The minimum atomic E-state index is 0.420. The van der Waals surface area contributed by atoms with E-state index in [1.165, 1.54) is 27.9 Å². The third-order valence-electron chi connectivity index (χ3n) is 4.20. The fraction of sp³-hybridized carbons (Fsp3) is 0.100. The number of rotatable bonds is 0. The normalized spacial score (nSPS) is 36.6. The summed E-state index contributed by atoms with van der Waals surface area (Å²) in [5.74, 6) is 0.420. The van der Waals surface area contributed by atoms with Gasteiger partial charge in [-0.1, -0.05) is 79.0 Å². The van der Waals surface area contributed by atoms with Gasteiger partial charge >= 0.3 is 0 Å². The van der Waals surface area contributed by atoms with Gasteiger partial charge in [0, 0.05) is 5.92 Å². The van der Waals surface area contributed by atoms with Gasteiger partial charge in [-0.2, -0.15) is 0 Å². The van der Waals surface area contributed by atoms with Gasteiger partial charge in [0.2, 0.25) is 0 Å². The Kier molecular flexibility index (Phi) is 2.67. The van der Waals surface area contributed by atoms with Crippen LogP contribution in [0.3, 0.4) is 0 Å². The standard InChI is InChI=1S/C20H16/c1-2-6-12-17-16(11-5-1)18-13-7-3-4-9-15-10-8-14-19(17)20(15)18/h1-9,11-14,19H,10H2/b2-1-,4-3-,5-1?,6-2?,7-3?,9-4?,11-5-,12-6-,13-7-,15-9-,16-11?,17-12?,18-13?. The molecule has 0 fully saturated rings. The first kappa shape index (κ1) is 11.5. The van der Waals surface area contributed by atoms with Crippen LogP contribution in [-0.2, 0) is 0 Å². The predicted octanol–water partition coefficient (Wildman–Crippen LogP) is 4.90. The highest BCUT2D eigenvalue weighted by Crippen LogP contribution is 2.47. The number of fused-ring (bicyclic) bond motifs is 2. The van der Waals surface area contributed by atoms with E-state index in [1.807, 2.05) is 0 Å². The van der Waals surface area contributed by atoms with Crippen molar-refractivity contribution >= 4 is 0 Å². The summed E-state index contributed by atoms with van der Waals surface area (Å²) >= 11 is 0. The molecule has 4 rings (SSSR count). The first-order chi connectivity index (χ1) is 9.95. The Balaban J connectivity index is 1.97. The predicted molar refractivity (Wildman–Crippen MR) is 85.1 cm³/mol. The summed E-state index contributed by atoms with van der Waals surface area (Å²) in [6, 6.07) is 0. The van der Waals surface area contributed by atoms with Gasteiger partial charge in [-0.25, -0.2) is 0 Å². The fourth-order valence-electron chi connectivity index (χ4n) is 3.35. The molecule has 4 aliphatic carbocycles. The minimum absolute atomic E-state index is 0.420. The lowest BCUT2D eigenvalue weighted by atomic mass is 9.82. The number of hydrogen-bond donors (Lipinski definition) is 0. The summed E-state index contributed by atoms with van der Waals surface area (Å²) in [5.41, 5.74) is 7.13. The molecule has 0 aliphatic heterocycles. The molecular formula is C20H16. The number of allylic oxidation sites excluding steroid dienone is 18. The van der Waals surface area contributed by atoms with Crippen molar-refractivity contribution in [3.05, 3.63) is 107 Å². The summed E-state index contributed by atoms with van der Waals surface area (Å²) in [6.45, 7) is 0. The van der Waals surface area contributed by atoms with Gasteiger partial charge in [-0.05, 0) is 34.3 Å². The number of hydrogen-bond acceptors (Lipinski definition) is 0. The van der Waals surface area contributed by atoms with E-state index < -0.39 is 0 Å². The largest absolute Gasteiger partial charge is 0.0832 e. The lowest BCUT2D eigenvalue weighted by Crippen LogP contribution is -2.07. The van der Waals surface area contributed by atoms with E-state index >= 15 is 0 Å². The van der Waals surface area contributed by atoms with Crippen molar-refractivity contribution in [2.75, 3.05) is 0 Å². The topological polar surface area (TPSA) is 0 Å². The van der Waals surface area contributed by atoms with E-state index in [9.17, 15) is 0 Å². The maximum atomic E-state index is 2.36. The Hall–Kier alpha value is -2.34. The zero-order valence-electron chi connectivity index (χ0n) is 11.3. The van der Waals surface area contributed by atoms with Crippen molar-refractivity contribution in [1.29, 1.82) is 0 Å². The average Bonchev–Trinajstić information content (AvgIpc) is 2.68. The maximum Gasteiger partial charge on any atom is 0.0284 e. The van der Waals surface area contributed by atoms with E-state index in [-0.39, 0.29) is 0 Å². The monoisotopic (exact) mass is 256 g/mol. The van der Waals surface area contributed by atoms with E-state index in [1.54, 1.807) is 0 Å². The molecule has 0 bridgehead atoms. The third-order valence-corrected chi connectivity index (χ3v) is 4.20. The van der Waals surface area contributed by atoms with E-state index in [4.69, 9.17) is 0 Å². The molecule has 0 saturated carbocycles. The quantitative estimate of drug-likeness (QED) is 0.540. The zero-order valence-corrected chi connectivity index (χ0v) is 11.3. The van der Waals surface area contributed by atoms with Crippen LogP contribution in [0, 0.1) is 5.92 Å². The van der Waals surface area contributed by atoms with E-state index in [0.717, 1.165) is 6.42 Å². The van der Waals surface area contributed by atoms with Crippen molar-refractivity contribution in [3.8, 4) is 0 Å². The van der Waals surface area contributed by atoms with Crippen LogP contribution in [0.2, 0.25) is 0 Å². The summed E-state index contributed by atoms with van der Waals surface area (Å²) < 4.78 is 0. The Labute approximate surface area is 119 Å². The highest BCUT2D eigenvalue weighted by atomic mass is 14.3. The lowest BCUT2D eigenvalue weighted by Gasteiger charge is -2.21. The van der Waals surface area contributed by atoms with Crippen molar-refractivity contribution in [1.82, 2.24) is 0 Å². The fourth-order valence-corrected chi connectivity index (χ4v) is 3.35. The second kappa shape index (κ2) is 4.64. The summed E-state index contributed by atoms with van der Waals surface area (Å²) in [4.78, 5) is 0. The molecule has 0 spiro atoms. The molecule has 0 heteroatoms. The summed E-state index contributed by atoms with van der Waals surface area (Å²) in [7, 11) is 0. The highest BCUT2D eigenvalue weighted by Gasteiger charge is 2.32. The van der Waals surface area contributed by atoms with E-state index in [2.05, 4.69) is 79.0 Å². The first-order valence-corrected chi connectivity index (χ1v) is 7.16. The van der Waals surface area contributed by atoms with E-state index in [0.29, 0.717) is 5.92 Å². The summed E-state index contributed by atoms with van der Waals surface area (Å²) in [5, 5.41) is 0. The molecule has 4 aliphatic rings. The molecule has 0 radical (unpaired) electrons. The third kappa shape index (κ3) is 1.69.